The molecule has 0 aliphatic heterocycles. The van der Waals surface area contributed by atoms with E-state index in [4.69, 9.17) is 4.74 Å². The van der Waals surface area contributed by atoms with Gasteiger partial charge in [0.2, 0.25) is 0 Å². The van der Waals surface area contributed by atoms with E-state index in [9.17, 15) is 14.4 Å². The molecule has 0 aliphatic carbocycles. The second-order valence-electron chi connectivity index (χ2n) is 6.85. The Morgan fingerprint density at radius 3 is 2.42 bits per heavy atom. The van der Waals surface area contributed by atoms with Crippen LogP contribution in [0, 0.1) is 5.92 Å². The van der Waals surface area contributed by atoms with Gasteiger partial charge in [-0.15, -0.1) is 0 Å². The summed E-state index contributed by atoms with van der Waals surface area (Å²) in [7, 11) is 0. The lowest BCUT2D eigenvalue weighted by Gasteiger charge is -2.13. The molecule has 2 aromatic rings. The van der Waals surface area contributed by atoms with Gasteiger partial charge < -0.3 is 10.1 Å². The van der Waals surface area contributed by atoms with Gasteiger partial charge in [-0.05, 0) is 32.3 Å². The van der Waals surface area contributed by atoms with Gasteiger partial charge in [0.05, 0.1) is 11.4 Å². The summed E-state index contributed by atoms with van der Waals surface area (Å²) in [4.78, 5) is 36.7. The lowest BCUT2D eigenvalue weighted by molar-refractivity contribution is -0.124. The molecule has 0 radical (unpaired) electrons. The van der Waals surface area contributed by atoms with Crippen molar-refractivity contribution in [2.45, 2.75) is 40.2 Å². The molecule has 7 nitrogen and oxygen atoms in total. The minimum Gasteiger partial charge on any atom is -0.451 e. The molecule has 1 aromatic carbocycles. The molecular formula is C19H25N3O4. The Bertz CT molecular complexity index is 855. The highest BCUT2D eigenvalue weighted by Crippen LogP contribution is 2.15. The third-order valence-electron chi connectivity index (χ3n) is 3.89. The van der Waals surface area contributed by atoms with E-state index >= 15 is 0 Å². The maximum atomic E-state index is 12.5. The van der Waals surface area contributed by atoms with Gasteiger partial charge in [-0.3, -0.25) is 9.59 Å². The van der Waals surface area contributed by atoms with Crippen LogP contribution in [0.1, 0.15) is 50.6 Å². The van der Waals surface area contributed by atoms with E-state index in [2.05, 4.69) is 24.3 Å². The highest BCUT2D eigenvalue weighted by molar-refractivity contribution is 6.02. The zero-order chi connectivity index (χ0) is 19.3. The van der Waals surface area contributed by atoms with Crippen LogP contribution in [0.25, 0.3) is 10.8 Å². The monoisotopic (exact) mass is 359 g/mol. The number of benzene rings is 1. The Kier molecular flexibility index (Phi) is 6.49. The number of fused-ring (bicyclic) bond motifs is 1. The van der Waals surface area contributed by atoms with Crippen molar-refractivity contribution >= 4 is 22.6 Å². The van der Waals surface area contributed by atoms with Crippen LogP contribution in [0.4, 0.5) is 0 Å². The van der Waals surface area contributed by atoms with Crippen LogP contribution < -0.4 is 10.9 Å². The Labute approximate surface area is 152 Å². The largest absolute Gasteiger partial charge is 0.451 e. The van der Waals surface area contributed by atoms with Crippen molar-refractivity contribution in [3.63, 3.8) is 0 Å². The molecule has 0 fully saturated rings. The molecule has 0 saturated carbocycles. The van der Waals surface area contributed by atoms with Gasteiger partial charge in [-0.2, -0.15) is 5.10 Å². The summed E-state index contributed by atoms with van der Waals surface area (Å²) in [6.07, 6.45) is 0.852. The molecule has 1 heterocycles. The molecule has 26 heavy (non-hydrogen) atoms. The van der Waals surface area contributed by atoms with Crippen LogP contribution >= 0.6 is 0 Å². The van der Waals surface area contributed by atoms with Crippen molar-refractivity contribution in [3.05, 3.63) is 40.3 Å². The van der Waals surface area contributed by atoms with E-state index in [0.717, 1.165) is 6.42 Å². The zero-order valence-corrected chi connectivity index (χ0v) is 15.6. The standard InChI is InChI=1S/C19H25N3O4/c1-12(2)9-10-20-16(23)11-26-19(25)17-14-7-5-6-8-15(14)18(24)22(21-17)13(3)4/h5-8,12-13H,9-11H2,1-4H3,(H,20,23). The number of hydrogen-bond donors (Lipinski definition) is 1. The first-order valence-electron chi connectivity index (χ1n) is 8.76. The predicted molar refractivity (Wildman–Crippen MR) is 99.1 cm³/mol. The molecule has 1 aromatic heterocycles. The third kappa shape index (κ3) is 4.68. The normalized spacial score (nSPS) is 11.2. The summed E-state index contributed by atoms with van der Waals surface area (Å²) in [5, 5.41) is 7.68. The van der Waals surface area contributed by atoms with Crippen molar-refractivity contribution in [1.29, 1.82) is 0 Å². The number of rotatable bonds is 7. The third-order valence-corrected chi connectivity index (χ3v) is 3.89. The molecule has 0 unspecified atom stereocenters. The maximum Gasteiger partial charge on any atom is 0.359 e. The van der Waals surface area contributed by atoms with E-state index < -0.39 is 5.97 Å². The molecule has 0 atom stereocenters. The van der Waals surface area contributed by atoms with E-state index in [1.54, 1.807) is 38.1 Å². The van der Waals surface area contributed by atoms with Gasteiger partial charge in [-0.1, -0.05) is 32.0 Å². The number of aromatic nitrogens is 2. The van der Waals surface area contributed by atoms with Crippen LogP contribution in [-0.2, 0) is 9.53 Å². The number of carbonyl (C=O) groups is 2. The van der Waals surface area contributed by atoms with Crippen molar-refractivity contribution in [2.75, 3.05) is 13.2 Å². The van der Waals surface area contributed by atoms with Gasteiger partial charge >= 0.3 is 5.97 Å². The molecular weight excluding hydrogens is 334 g/mol. The number of nitrogens with zero attached hydrogens (tertiary/aromatic N) is 2. The van der Waals surface area contributed by atoms with Gasteiger partial charge in [-0.25, -0.2) is 9.48 Å². The van der Waals surface area contributed by atoms with E-state index in [1.807, 2.05) is 0 Å². The summed E-state index contributed by atoms with van der Waals surface area (Å²) in [6.45, 7) is 7.89. The van der Waals surface area contributed by atoms with Crippen molar-refractivity contribution in [3.8, 4) is 0 Å². The van der Waals surface area contributed by atoms with E-state index in [1.165, 1.54) is 4.68 Å². The number of ether oxygens (including phenoxy) is 1. The van der Waals surface area contributed by atoms with Crippen molar-refractivity contribution in [2.24, 2.45) is 5.92 Å². The molecule has 2 rings (SSSR count). The Morgan fingerprint density at radius 1 is 1.15 bits per heavy atom. The smallest absolute Gasteiger partial charge is 0.359 e. The van der Waals surface area contributed by atoms with Gasteiger partial charge in [0.25, 0.3) is 11.5 Å². The number of hydrogen-bond acceptors (Lipinski definition) is 5. The summed E-state index contributed by atoms with van der Waals surface area (Å²) in [5.74, 6) is -0.611. The second-order valence-corrected chi connectivity index (χ2v) is 6.85. The lowest BCUT2D eigenvalue weighted by Crippen LogP contribution is -2.31. The Morgan fingerprint density at radius 2 is 1.81 bits per heavy atom. The molecule has 1 N–H and O–H groups in total. The topological polar surface area (TPSA) is 90.3 Å². The average Bonchev–Trinajstić information content (AvgIpc) is 2.59. The fourth-order valence-electron chi connectivity index (χ4n) is 2.46. The van der Waals surface area contributed by atoms with E-state index in [-0.39, 0.29) is 29.8 Å². The quantitative estimate of drug-likeness (QED) is 0.766. The summed E-state index contributed by atoms with van der Waals surface area (Å²) >= 11 is 0. The molecule has 7 heteroatoms. The summed E-state index contributed by atoms with van der Waals surface area (Å²) in [5.41, 5.74) is -0.234. The van der Waals surface area contributed by atoms with Crippen molar-refractivity contribution < 1.29 is 14.3 Å². The Balaban J connectivity index is 2.18. The molecule has 0 bridgehead atoms. The van der Waals surface area contributed by atoms with Crippen LogP contribution in [0.2, 0.25) is 0 Å². The SMILES string of the molecule is CC(C)CCNC(=O)COC(=O)c1nn(C(C)C)c(=O)c2ccccc12. The first-order valence-corrected chi connectivity index (χ1v) is 8.76. The Hall–Kier alpha value is -2.70. The minimum absolute atomic E-state index is 0.0314. The molecule has 1 amide bonds. The van der Waals surface area contributed by atoms with Gasteiger partial charge in [0.15, 0.2) is 12.3 Å². The first kappa shape index (κ1) is 19.6. The predicted octanol–water partition coefficient (Wildman–Crippen LogP) is 2.30. The fraction of sp³-hybridized carbons (Fsp3) is 0.474. The first-order chi connectivity index (χ1) is 12.3. The molecule has 0 aliphatic rings. The zero-order valence-electron chi connectivity index (χ0n) is 15.6. The molecule has 140 valence electrons. The van der Waals surface area contributed by atoms with Gasteiger partial charge in [0, 0.05) is 11.9 Å². The van der Waals surface area contributed by atoms with Crippen LogP contribution in [0.3, 0.4) is 0 Å². The second kappa shape index (κ2) is 8.60. The number of nitrogens with one attached hydrogen (secondary N) is 1. The number of esters is 1. The molecule has 0 saturated heterocycles. The highest BCUT2D eigenvalue weighted by atomic mass is 16.5. The van der Waals surface area contributed by atoms with Crippen LogP contribution in [-0.4, -0.2) is 34.8 Å². The minimum atomic E-state index is -0.727. The maximum absolute atomic E-state index is 12.5. The molecule has 0 spiro atoms. The average molecular weight is 359 g/mol. The van der Waals surface area contributed by atoms with Gasteiger partial charge in [0.1, 0.15) is 0 Å². The van der Waals surface area contributed by atoms with Crippen LogP contribution in [0.5, 0.6) is 0 Å². The van der Waals surface area contributed by atoms with Crippen LogP contribution in [0.15, 0.2) is 29.1 Å². The fourth-order valence-corrected chi connectivity index (χ4v) is 2.46. The highest BCUT2D eigenvalue weighted by Gasteiger charge is 2.19. The summed E-state index contributed by atoms with van der Waals surface area (Å²) in [6, 6.07) is 6.53. The number of carbonyl (C=O) groups excluding carboxylic acids is 2. The lowest BCUT2D eigenvalue weighted by atomic mass is 10.1. The number of amides is 1. The van der Waals surface area contributed by atoms with Crippen molar-refractivity contribution in [1.82, 2.24) is 15.1 Å². The van der Waals surface area contributed by atoms with E-state index in [0.29, 0.717) is 23.2 Å². The summed E-state index contributed by atoms with van der Waals surface area (Å²) < 4.78 is 6.35.